The molecule has 142 valence electrons. The van der Waals surface area contributed by atoms with Gasteiger partial charge in [0.2, 0.25) is 0 Å². The van der Waals surface area contributed by atoms with E-state index < -0.39 is 23.4 Å². The zero-order valence-corrected chi connectivity index (χ0v) is 14.8. The Morgan fingerprint density at radius 1 is 1.07 bits per heavy atom. The van der Waals surface area contributed by atoms with E-state index in [9.17, 15) is 19.7 Å². The van der Waals surface area contributed by atoms with Crippen LogP contribution in [0.4, 0.5) is 5.69 Å². The Hall–Kier alpha value is -3.62. The minimum atomic E-state index is -0.854. The van der Waals surface area contributed by atoms with Gasteiger partial charge in [0.25, 0.3) is 5.91 Å². The number of benzene rings is 2. The summed E-state index contributed by atoms with van der Waals surface area (Å²) in [6, 6.07) is 10.8. The number of methoxy groups -OCH3 is 2. The predicted molar refractivity (Wildman–Crippen MR) is 94.8 cm³/mol. The summed E-state index contributed by atoms with van der Waals surface area (Å²) in [5.74, 6) is -0.725. The van der Waals surface area contributed by atoms with Crippen molar-refractivity contribution < 1.29 is 28.7 Å². The second-order valence-electron chi connectivity index (χ2n) is 5.31. The lowest BCUT2D eigenvalue weighted by atomic mass is 10.2. The maximum absolute atomic E-state index is 12.0. The number of amides is 1. The number of nitrogens with one attached hydrogen (secondary N) is 1. The van der Waals surface area contributed by atoms with Crippen molar-refractivity contribution >= 4 is 17.6 Å². The molecule has 0 aliphatic heterocycles. The smallest absolute Gasteiger partial charge is 0.338 e. The minimum absolute atomic E-state index is 0.0195. The van der Waals surface area contributed by atoms with Gasteiger partial charge in [-0.2, -0.15) is 0 Å². The van der Waals surface area contributed by atoms with E-state index in [1.807, 2.05) is 0 Å². The van der Waals surface area contributed by atoms with E-state index in [-0.39, 0.29) is 23.5 Å². The van der Waals surface area contributed by atoms with E-state index >= 15 is 0 Å². The van der Waals surface area contributed by atoms with Crippen molar-refractivity contribution in [2.75, 3.05) is 20.8 Å². The molecule has 0 aromatic heterocycles. The molecule has 0 unspecified atom stereocenters. The lowest BCUT2D eigenvalue weighted by Crippen LogP contribution is -2.28. The van der Waals surface area contributed by atoms with Gasteiger partial charge in [0.05, 0.1) is 24.7 Å². The van der Waals surface area contributed by atoms with Gasteiger partial charge in [0, 0.05) is 18.2 Å². The van der Waals surface area contributed by atoms with E-state index in [0.717, 1.165) is 11.6 Å². The highest BCUT2D eigenvalue weighted by molar-refractivity contribution is 5.92. The quantitative estimate of drug-likeness (QED) is 0.427. The van der Waals surface area contributed by atoms with Crippen molar-refractivity contribution in [1.82, 2.24) is 5.32 Å². The number of ether oxygens (including phenoxy) is 3. The zero-order valence-electron chi connectivity index (χ0n) is 14.8. The van der Waals surface area contributed by atoms with Crippen molar-refractivity contribution in [1.29, 1.82) is 0 Å². The van der Waals surface area contributed by atoms with Crippen LogP contribution in [0.5, 0.6) is 11.5 Å². The fourth-order valence-corrected chi connectivity index (χ4v) is 2.27. The molecule has 1 amide bonds. The lowest BCUT2D eigenvalue weighted by Gasteiger charge is -2.10. The predicted octanol–water partition coefficient (Wildman–Crippen LogP) is 2.09. The summed E-state index contributed by atoms with van der Waals surface area (Å²) >= 11 is 0. The average molecular weight is 374 g/mol. The van der Waals surface area contributed by atoms with Crippen LogP contribution in [-0.2, 0) is 16.1 Å². The fraction of sp³-hybridized carbons (Fsp3) is 0.222. The summed E-state index contributed by atoms with van der Waals surface area (Å²) in [6.07, 6.45) is 0. The Morgan fingerprint density at radius 3 is 2.44 bits per heavy atom. The average Bonchev–Trinajstić information content (AvgIpc) is 2.69. The fourth-order valence-electron chi connectivity index (χ4n) is 2.27. The number of carbonyl (C=O) groups is 2. The molecule has 0 atom stereocenters. The number of rotatable bonds is 8. The van der Waals surface area contributed by atoms with Gasteiger partial charge in [-0.15, -0.1) is 0 Å². The molecule has 2 aromatic rings. The third-order valence-corrected chi connectivity index (χ3v) is 3.61. The number of carbonyl (C=O) groups excluding carboxylic acids is 2. The Morgan fingerprint density at radius 2 is 1.78 bits per heavy atom. The summed E-state index contributed by atoms with van der Waals surface area (Å²) < 4.78 is 14.9. The summed E-state index contributed by atoms with van der Waals surface area (Å²) in [7, 11) is 2.81. The van der Waals surface area contributed by atoms with Gasteiger partial charge in [-0.1, -0.05) is 18.2 Å². The van der Waals surface area contributed by atoms with Crippen molar-refractivity contribution in [2.24, 2.45) is 0 Å². The molecular weight excluding hydrogens is 356 g/mol. The molecule has 0 heterocycles. The van der Waals surface area contributed by atoms with Crippen LogP contribution >= 0.6 is 0 Å². The number of esters is 1. The van der Waals surface area contributed by atoms with Crippen molar-refractivity contribution in [3.8, 4) is 11.5 Å². The first-order valence-electron chi connectivity index (χ1n) is 7.84. The Balaban J connectivity index is 1.92. The molecule has 0 spiro atoms. The van der Waals surface area contributed by atoms with E-state index in [2.05, 4.69) is 5.32 Å². The molecule has 2 aromatic carbocycles. The van der Waals surface area contributed by atoms with Crippen LogP contribution in [0.2, 0.25) is 0 Å². The molecule has 0 saturated heterocycles. The third kappa shape index (κ3) is 5.18. The van der Waals surface area contributed by atoms with Gasteiger partial charge in [-0.25, -0.2) is 4.79 Å². The van der Waals surface area contributed by atoms with Gasteiger partial charge in [-0.3, -0.25) is 14.9 Å². The Bertz CT molecular complexity index is 851. The molecule has 0 bridgehead atoms. The van der Waals surface area contributed by atoms with Gasteiger partial charge in [0.1, 0.15) is 5.75 Å². The topological polar surface area (TPSA) is 117 Å². The van der Waals surface area contributed by atoms with E-state index in [1.54, 1.807) is 24.3 Å². The van der Waals surface area contributed by atoms with Crippen LogP contribution in [0.1, 0.15) is 15.9 Å². The standard InChI is InChI=1S/C18H18N2O7/c1-25-15-6-4-3-5-13(15)10-19-17(21)11-27-18(22)12-7-8-16(26-2)14(9-12)20(23)24/h3-9H,10-11H2,1-2H3,(H,19,21). The van der Waals surface area contributed by atoms with Crippen LogP contribution < -0.4 is 14.8 Å². The number of hydrogen-bond acceptors (Lipinski definition) is 7. The Labute approximate surface area is 155 Å². The normalized spacial score (nSPS) is 10.0. The molecule has 0 aliphatic carbocycles. The van der Waals surface area contributed by atoms with Crippen LogP contribution in [-0.4, -0.2) is 37.6 Å². The number of nitro groups is 1. The number of para-hydroxylation sites is 1. The minimum Gasteiger partial charge on any atom is -0.496 e. The van der Waals surface area contributed by atoms with Crippen LogP contribution in [0.25, 0.3) is 0 Å². The van der Waals surface area contributed by atoms with Crippen LogP contribution in [0.15, 0.2) is 42.5 Å². The monoisotopic (exact) mass is 374 g/mol. The molecular formula is C18H18N2O7. The highest BCUT2D eigenvalue weighted by atomic mass is 16.6. The van der Waals surface area contributed by atoms with Gasteiger partial charge < -0.3 is 19.5 Å². The number of hydrogen-bond donors (Lipinski definition) is 1. The number of nitro benzene ring substituents is 1. The SMILES string of the molecule is COc1ccccc1CNC(=O)COC(=O)c1ccc(OC)c([N+](=O)[O-])c1. The van der Waals surface area contributed by atoms with Gasteiger partial charge in [-0.05, 0) is 18.2 Å². The molecule has 2 rings (SSSR count). The second kappa shape index (κ2) is 9.18. The first-order chi connectivity index (χ1) is 13.0. The van der Waals surface area contributed by atoms with Crippen LogP contribution in [0.3, 0.4) is 0 Å². The van der Waals surface area contributed by atoms with Crippen LogP contribution in [0, 0.1) is 10.1 Å². The van der Waals surface area contributed by atoms with Gasteiger partial charge >= 0.3 is 11.7 Å². The third-order valence-electron chi connectivity index (χ3n) is 3.61. The summed E-state index contributed by atoms with van der Waals surface area (Å²) in [4.78, 5) is 34.2. The number of nitrogens with zero attached hydrogens (tertiary/aromatic N) is 1. The lowest BCUT2D eigenvalue weighted by molar-refractivity contribution is -0.385. The molecule has 9 heteroatoms. The maximum Gasteiger partial charge on any atom is 0.338 e. The second-order valence-corrected chi connectivity index (χ2v) is 5.31. The highest BCUT2D eigenvalue weighted by Gasteiger charge is 2.19. The molecule has 0 fully saturated rings. The molecule has 9 nitrogen and oxygen atoms in total. The van der Waals surface area contributed by atoms with Crippen molar-refractivity contribution in [3.05, 3.63) is 63.7 Å². The first-order valence-corrected chi connectivity index (χ1v) is 7.84. The molecule has 0 saturated carbocycles. The largest absolute Gasteiger partial charge is 0.496 e. The van der Waals surface area contributed by atoms with Crippen molar-refractivity contribution in [3.63, 3.8) is 0 Å². The summed E-state index contributed by atoms with van der Waals surface area (Å²) in [6.45, 7) is -0.317. The maximum atomic E-state index is 12.0. The molecule has 27 heavy (non-hydrogen) atoms. The van der Waals surface area contributed by atoms with Gasteiger partial charge in [0.15, 0.2) is 12.4 Å². The summed E-state index contributed by atoms with van der Waals surface area (Å²) in [5, 5.41) is 13.6. The summed E-state index contributed by atoms with van der Waals surface area (Å²) in [5.41, 5.74) is 0.345. The van der Waals surface area contributed by atoms with Crippen molar-refractivity contribution in [2.45, 2.75) is 6.54 Å². The molecule has 0 aliphatic rings. The van der Waals surface area contributed by atoms with E-state index in [4.69, 9.17) is 14.2 Å². The molecule has 1 N–H and O–H groups in total. The molecule has 0 radical (unpaired) electrons. The van der Waals surface area contributed by atoms with E-state index in [1.165, 1.54) is 26.4 Å². The Kier molecular flexibility index (Phi) is 6.70. The highest BCUT2D eigenvalue weighted by Crippen LogP contribution is 2.27. The van der Waals surface area contributed by atoms with E-state index in [0.29, 0.717) is 5.75 Å². The zero-order chi connectivity index (χ0) is 19.8. The first kappa shape index (κ1) is 19.7.